The number of aromatic amines is 3. The van der Waals surface area contributed by atoms with Crippen molar-refractivity contribution in [1.29, 1.82) is 0 Å². The summed E-state index contributed by atoms with van der Waals surface area (Å²) in [5.74, 6) is -5.68. The molecule has 18 heteroatoms. The zero-order chi connectivity index (χ0) is 36.4. The average Bonchev–Trinajstić information content (AvgIpc) is 3.01. The summed E-state index contributed by atoms with van der Waals surface area (Å²) in [6.45, 7) is 4.70. The van der Waals surface area contributed by atoms with Gasteiger partial charge in [-0.05, 0) is 51.8 Å². The van der Waals surface area contributed by atoms with Gasteiger partial charge in [0.1, 0.15) is 0 Å². The summed E-state index contributed by atoms with van der Waals surface area (Å²) in [4.78, 5) is 94.7. The molecule has 10 N–H and O–H groups in total. The number of H-pyrrole nitrogens is 3. The van der Waals surface area contributed by atoms with Gasteiger partial charge in [0.05, 0.1) is 16.7 Å². The molecule has 264 valence electrons. The molecule has 0 bridgehead atoms. The van der Waals surface area contributed by atoms with Crippen molar-refractivity contribution in [3.63, 3.8) is 0 Å². The number of aryl methyl sites for hydroxylation is 3. The number of nitrogens with zero attached hydrogens (tertiary/aromatic N) is 1. The number of hydrogen-bond acceptors (Lipinski definition) is 11. The van der Waals surface area contributed by atoms with Gasteiger partial charge < -0.3 is 51.3 Å². The Labute approximate surface area is 278 Å². The molecule has 3 aromatic rings. The van der Waals surface area contributed by atoms with Gasteiger partial charge in [-0.2, -0.15) is 0 Å². The van der Waals surface area contributed by atoms with Crippen LogP contribution in [0, 0.1) is 20.8 Å². The smallest absolute Gasteiger partial charge is 0.303 e. The summed E-state index contributed by atoms with van der Waals surface area (Å²) < 4.78 is 0. The first kappa shape index (κ1) is 37.5. The molecule has 18 nitrogen and oxygen atoms in total. The largest absolute Gasteiger partial charge is 0.502 e. The number of pyridine rings is 3. The van der Waals surface area contributed by atoms with Crippen LogP contribution in [0.15, 0.2) is 32.6 Å². The maximum absolute atomic E-state index is 13.2. The molecule has 49 heavy (non-hydrogen) atoms. The third-order valence-electron chi connectivity index (χ3n) is 7.34. The van der Waals surface area contributed by atoms with Crippen LogP contribution in [0.1, 0.15) is 67.4 Å². The van der Waals surface area contributed by atoms with Gasteiger partial charge in [0, 0.05) is 62.3 Å². The van der Waals surface area contributed by atoms with Crippen molar-refractivity contribution in [3.8, 4) is 17.2 Å². The van der Waals surface area contributed by atoms with Crippen molar-refractivity contribution in [2.24, 2.45) is 0 Å². The quantitative estimate of drug-likeness (QED) is 0.0897. The SMILES string of the molecule is Cc1cc(C(=O)NCCN(CCNC(=O)c2cc(C)[nH]c(=O)c2O)CC(CCCC(=O)O)NC(=O)c2cc(C)[nH]c(=O)c2O)c(O)c(=O)[nH]1. The predicted octanol–water partition coefficient (Wildman–Crippen LogP) is -0.691. The number of nitrogens with one attached hydrogen (secondary N) is 6. The van der Waals surface area contributed by atoms with Crippen LogP contribution in [-0.2, 0) is 4.79 Å². The lowest BCUT2D eigenvalue weighted by atomic mass is 10.1. The molecule has 0 radical (unpaired) electrons. The molecule has 0 aliphatic rings. The van der Waals surface area contributed by atoms with E-state index in [9.17, 15) is 48.9 Å². The Morgan fingerprint density at radius 2 is 1.08 bits per heavy atom. The Morgan fingerprint density at radius 1 is 0.694 bits per heavy atom. The van der Waals surface area contributed by atoms with Crippen molar-refractivity contribution in [1.82, 2.24) is 35.8 Å². The van der Waals surface area contributed by atoms with Gasteiger partial charge in [-0.25, -0.2) is 0 Å². The van der Waals surface area contributed by atoms with Crippen molar-refractivity contribution in [3.05, 3.63) is 83.0 Å². The highest BCUT2D eigenvalue weighted by Gasteiger charge is 2.23. The van der Waals surface area contributed by atoms with E-state index < -0.39 is 63.7 Å². The number of carbonyl (C=O) groups is 4. The molecule has 3 aromatic heterocycles. The molecule has 0 saturated heterocycles. The molecule has 3 rings (SSSR count). The topological polar surface area (TPSA) is 287 Å². The molecule has 0 aliphatic heterocycles. The first-order valence-electron chi connectivity index (χ1n) is 15.2. The van der Waals surface area contributed by atoms with Gasteiger partial charge in [0.15, 0.2) is 17.2 Å². The lowest BCUT2D eigenvalue weighted by Gasteiger charge is -2.28. The van der Waals surface area contributed by atoms with Crippen LogP contribution in [0.4, 0.5) is 0 Å². The molecule has 1 unspecified atom stereocenters. The van der Waals surface area contributed by atoms with Crippen molar-refractivity contribution < 1.29 is 39.6 Å². The highest BCUT2D eigenvalue weighted by Crippen LogP contribution is 2.15. The number of carboxylic acid groups (broad SMARTS) is 1. The fourth-order valence-corrected chi connectivity index (χ4v) is 4.99. The first-order valence-corrected chi connectivity index (χ1v) is 15.2. The molecule has 0 saturated carbocycles. The molecule has 1 atom stereocenters. The number of carboxylic acids is 1. The normalized spacial score (nSPS) is 11.6. The number of carbonyl (C=O) groups excluding carboxylic acids is 3. The van der Waals surface area contributed by atoms with E-state index in [-0.39, 0.29) is 68.7 Å². The van der Waals surface area contributed by atoms with E-state index in [1.165, 1.54) is 39.0 Å². The highest BCUT2D eigenvalue weighted by molar-refractivity contribution is 5.98. The second-order valence-electron chi connectivity index (χ2n) is 11.4. The van der Waals surface area contributed by atoms with Gasteiger partial charge in [-0.3, -0.25) is 38.5 Å². The molecule has 0 aromatic carbocycles. The minimum Gasteiger partial charge on any atom is -0.502 e. The fourth-order valence-electron chi connectivity index (χ4n) is 4.99. The van der Waals surface area contributed by atoms with E-state index in [1.54, 1.807) is 4.90 Å². The maximum atomic E-state index is 13.2. The van der Waals surface area contributed by atoms with Gasteiger partial charge in [-0.15, -0.1) is 0 Å². The summed E-state index contributed by atoms with van der Waals surface area (Å²) in [5, 5.41) is 47.4. The molecule has 0 spiro atoms. The molecule has 0 aliphatic carbocycles. The number of hydrogen-bond donors (Lipinski definition) is 10. The van der Waals surface area contributed by atoms with E-state index in [1.807, 2.05) is 0 Å². The van der Waals surface area contributed by atoms with E-state index in [4.69, 9.17) is 5.11 Å². The Hall–Kier alpha value is -5.91. The van der Waals surface area contributed by atoms with Crippen LogP contribution >= 0.6 is 0 Å². The predicted molar refractivity (Wildman–Crippen MR) is 174 cm³/mol. The third kappa shape index (κ3) is 10.5. The van der Waals surface area contributed by atoms with Crippen LogP contribution in [0.3, 0.4) is 0 Å². The van der Waals surface area contributed by atoms with E-state index in [0.717, 1.165) is 0 Å². The lowest BCUT2D eigenvalue weighted by Crippen LogP contribution is -2.48. The maximum Gasteiger partial charge on any atom is 0.303 e. The van der Waals surface area contributed by atoms with Crippen molar-refractivity contribution >= 4 is 23.7 Å². The van der Waals surface area contributed by atoms with Crippen molar-refractivity contribution in [2.75, 3.05) is 32.7 Å². The number of aromatic hydroxyl groups is 3. The van der Waals surface area contributed by atoms with Gasteiger partial charge in [0.2, 0.25) is 0 Å². The second kappa shape index (κ2) is 16.8. The molecule has 0 fully saturated rings. The van der Waals surface area contributed by atoms with E-state index in [0.29, 0.717) is 17.1 Å². The Balaban J connectivity index is 1.81. The van der Waals surface area contributed by atoms with Gasteiger partial charge in [0.25, 0.3) is 34.4 Å². The standard InChI is InChI=1S/C31H39N7O11/c1-15-11-19(23(41)29(47)34-15)26(44)32-7-9-38(10-8-33-27(45)20-12-16(2)35-30(48)24(20)42)14-18(5-4-6-22(39)40)37-28(46)21-13-17(3)36-31(49)25(21)43/h11-13,18,41-43H,4-10,14H2,1-3H3,(H,32,44)(H,33,45)(H,34,47)(H,35,48)(H,36,49)(H,37,46)(H,39,40). The minimum atomic E-state index is -1.06. The lowest BCUT2D eigenvalue weighted by molar-refractivity contribution is -0.137. The molecular weight excluding hydrogens is 646 g/mol. The molecule has 3 amide bonds. The number of aliphatic carboxylic acids is 1. The number of aromatic nitrogens is 3. The van der Waals surface area contributed by atoms with E-state index >= 15 is 0 Å². The van der Waals surface area contributed by atoms with Crippen LogP contribution in [0.25, 0.3) is 0 Å². The third-order valence-corrected chi connectivity index (χ3v) is 7.34. The first-order chi connectivity index (χ1) is 23.1. The summed E-state index contributed by atoms with van der Waals surface area (Å²) in [6, 6.07) is 3.12. The molecule has 3 heterocycles. The fraction of sp³-hybridized carbons (Fsp3) is 0.387. The van der Waals surface area contributed by atoms with Crippen LogP contribution in [0.2, 0.25) is 0 Å². The van der Waals surface area contributed by atoms with Gasteiger partial charge >= 0.3 is 5.97 Å². The van der Waals surface area contributed by atoms with Crippen LogP contribution < -0.4 is 32.6 Å². The average molecular weight is 686 g/mol. The Bertz CT molecular complexity index is 1810. The summed E-state index contributed by atoms with van der Waals surface area (Å²) in [6.07, 6.45) is 0.0759. The van der Waals surface area contributed by atoms with E-state index in [2.05, 4.69) is 30.9 Å². The highest BCUT2D eigenvalue weighted by atomic mass is 16.4. The zero-order valence-corrected chi connectivity index (χ0v) is 27.1. The van der Waals surface area contributed by atoms with Crippen LogP contribution in [0.5, 0.6) is 17.2 Å². The minimum absolute atomic E-state index is 0.0325. The summed E-state index contributed by atoms with van der Waals surface area (Å²) in [5.41, 5.74) is -2.36. The number of amides is 3. The monoisotopic (exact) mass is 685 g/mol. The Kier molecular flexibility index (Phi) is 12.9. The van der Waals surface area contributed by atoms with Crippen molar-refractivity contribution in [2.45, 2.75) is 46.1 Å². The molecular formula is C31H39N7O11. The van der Waals surface area contributed by atoms with Gasteiger partial charge in [-0.1, -0.05) is 0 Å². The summed E-state index contributed by atoms with van der Waals surface area (Å²) >= 11 is 0. The van der Waals surface area contributed by atoms with Crippen LogP contribution in [-0.4, -0.2) is 103 Å². The zero-order valence-electron chi connectivity index (χ0n) is 27.1. The number of rotatable bonds is 16. The Morgan fingerprint density at radius 3 is 1.47 bits per heavy atom. The summed E-state index contributed by atoms with van der Waals surface area (Å²) in [7, 11) is 0. The second-order valence-corrected chi connectivity index (χ2v) is 11.4.